The second-order valence-electron chi connectivity index (χ2n) is 4.22. The van der Waals surface area contributed by atoms with Gasteiger partial charge in [-0.3, -0.25) is 0 Å². The van der Waals surface area contributed by atoms with Gasteiger partial charge in [0, 0.05) is 11.8 Å². The Labute approximate surface area is 113 Å². The molecule has 19 heavy (non-hydrogen) atoms. The van der Waals surface area contributed by atoms with Gasteiger partial charge in [0.15, 0.2) is 0 Å². The third kappa shape index (κ3) is 3.28. The maximum Gasteiger partial charge on any atom is 0.121 e. The lowest BCUT2D eigenvalue weighted by Gasteiger charge is -2.09. The molecule has 98 valence electrons. The summed E-state index contributed by atoms with van der Waals surface area (Å²) in [6, 6.07) is 9.56. The number of methoxy groups -OCH3 is 1. The van der Waals surface area contributed by atoms with E-state index in [9.17, 15) is 5.11 Å². The molecule has 0 atom stereocenters. The Balaban J connectivity index is 2.20. The first kappa shape index (κ1) is 13.0. The number of nitrogens with two attached hydrogens (primary N) is 1. The minimum atomic E-state index is 0.184. The standard InChI is InChI=1S/C16H17NO2/c1-19-14-9-7-13(8-10-14)16(18)11-15(17)12-5-3-2-4-6-12/h2-7,9-11,18H,8,17H2,1H3/b15-11-,16-13+. The van der Waals surface area contributed by atoms with Crippen LogP contribution in [0.15, 0.2) is 71.7 Å². The quantitative estimate of drug-likeness (QED) is 0.815. The molecule has 0 aromatic heterocycles. The molecule has 0 unspecified atom stereocenters. The van der Waals surface area contributed by atoms with E-state index in [2.05, 4.69) is 0 Å². The smallest absolute Gasteiger partial charge is 0.121 e. The monoisotopic (exact) mass is 255 g/mol. The summed E-state index contributed by atoms with van der Waals surface area (Å²) in [4.78, 5) is 0. The topological polar surface area (TPSA) is 55.5 Å². The number of hydrogen-bond acceptors (Lipinski definition) is 3. The van der Waals surface area contributed by atoms with Crippen LogP contribution in [0.3, 0.4) is 0 Å². The lowest BCUT2D eigenvalue weighted by molar-refractivity contribution is 0.304. The van der Waals surface area contributed by atoms with Gasteiger partial charge in [0.25, 0.3) is 0 Å². The average Bonchev–Trinajstić information content (AvgIpc) is 2.48. The molecule has 0 heterocycles. The van der Waals surface area contributed by atoms with Gasteiger partial charge in [-0.05, 0) is 29.7 Å². The number of benzene rings is 1. The minimum absolute atomic E-state index is 0.184. The van der Waals surface area contributed by atoms with E-state index in [1.165, 1.54) is 0 Å². The first-order valence-corrected chi connectivity index (χ1v) is 6.07. The zero-order valence-electron chi connectivity index (χ0n) is 10.8. The summed E-state index contributed by atoms with van der Waals surface area (Å²) in [6.07, 6.45) is 7.79. The molecule has 2 rings (SSSR count). The van der Waals surface area contributed by atoms with Gasteiger partial charge in [0.05, 0.1) is 7.11 Å². The molecule has 0 fully saturated rings. The summed E-state index contributed by atoms with van der Waals surface area (Å²) in [5.74, 6) is 0.987. The number of aliphatic hydroxyl groups excluding tert-OH is 1. The summed E-state index contributed by atoms with van der Waals surface area (Å²) in [7, 11) is 1.62. The summed E-state index contributed by atoms with van der Waals surface area (Å²) in [5, 5.41) is 10.1. The molecule has 0 aliphatic heterocycles. The molecule has 3 heteroatoms. The van der Waals surface area contributed by atoms with Crippen LogP contribution < -0.4 is 5.73 Å². The van der Waals surface area contributed by atoms with Gasteiger partial charge in [0.1, 0.15) is 11.5 Å². The number of hydrogen-bond donors (Lipinski definition) is 2. The van der Waals surface area contributed by atoms with Gasteiger partial charge in [-0.15, -0.1) is 0 Å². The molecule has 3 N–H and O–H groups in total. The average molecular weight is 255 g/mol. The molecule has 1 aromatic carbocycles. The second kappa shape index (κ2) is 5.96. The summed E-state index contributed by atoms with van der Waals surface area (Å²) < 4.78 is 5.10. The fourth-order valence-electron chi connectivity index (χ4n) is 1.82. The van der Waals surface area contributed by atoms with Crippen molar-refractivity contribution in [3.05, 3.63) is 77.3 Å². The van der Waals surface area contributed by atoms with E-state index >= 15 is 0 Å². The van der Waals surface area contributed by atoms with Crippen LogP contribution in [0.5, 0.6) is 0 Å². The number of allylic oxidation sites excluding steroid dienone is 5. The van der Waals surface area contributed by atoms with Crippen LogP contribution in [-0.2, 0) is 4.74 Å². The van der Waals surface area contributed by atoms with Crippen LogP contribution in [0.25, 0.3) is 5.70 Å². The van der Waals surface area contributed by atoms with E-state index < -0.39 is 0 Å². The van der Waals surface area contributed by atoms with Gasteiger partial charge >= 0.3 is 0 Å². The van der Waals surface area contributed by atoms with Crippen LogP contribution >= 0.6 is 0 Å². The molecule has 1 aromatic rings. The Morgan fingerprint density at radius 3 is 2.58 bits per heavy atom. The largest absolute Gasteiger partial charge is 0.508 e. The van der Waals surface area contributed by atoms with Crippen LogP contribution in [0.2, 0.25) is 0 Å². The van der Waals surface area contributed by atoms with Crippen molar-refractivity contribution in [2.75, 3.05) is 7.11 Å². The zero-order valence-corrected chi connectivity index (χ0v) is 10.8. The number of ether oxygens (including phenoxy) is 1. The van der Waals surface area contributed by atoms with Crippen molar-refractivity contribution in [3.63, 3.8) is 0 Å². The molecule has 1 aliphatic rings. The van der Waals surface area contributed by atoms with Crippen molar-refractivity contribution in [2.45, 2.75) is 6.42 Å². The highest BCUT2D eigenvalue weighted by molar-refractivity contribution is 5.65. The van der Waals surface area contributed by atoms with Crippen molar-refractivity contribution in [1.29, 1.82) is 0 Å². The van der Waals surface area contributed by atoms with Crippen molar-refractivity contribution in [2.24, 2.45) is 5.73 Å². The summed E-state index contributed by atoms with van der Waals surface area (Å²) in [5.41, 5.74) is 8.21. The van der Waals surface area contributed by atoms with Gasteiger partial charge in [-0.25, -0.2) is 0 Å². The lowest BCUT2D eigenvalue weighted by atomic mass is 10.0. The van der Waals surface area contributed by atoms with E-state index in [1.807, 2.05) is 48.6 Å². The first-order chi connectivity index (χ1) is 9.20. The van der Waals surface area contributed by atoms with Crippen LogP contribution in [0.4, 0.5) is 0 Å². The van der Waals surface area contributed by atoms with E-state index in [0.717, 1.165) is 16.9 Å². The van der Waals surface area contributed by atoms with E-state index in [4.69, 9.17) is 10.5 Å². The molecule has 0 spiro atoms. The van der Waals surface area contributed by atoms with Crippen LogP contribution in [0, 0.1) is 0 Å². The summed E-state index contributed by atoms with van der Waals surface area (Å²) >= 11 is 0. The molecule has 0 radical (unpaired) electrons. The SMILES string of the molecule is COC1=CC/C(=C(O)\C=C(/N)c2ccccc2)C=C1. The minimum Gasteiger partial charge on any atom is -0.508 e. The fourth-order valence-corrected chi connectivity index (χ4v) is 1.82. The van der Waals surface area contributed by atoms with Gasteiger partial charge in [0.2, 0.25) is 0 Å². The molecular formula is C16H17NO2. The molecule has 0 saturated carbocycles. The van der Waals surface area contributed by atoms with E-state index in [-0.39, 0.29) is 5.76 Å². The highest BCUT2D eigenvalue weighted by Crippen LogP contribution is 2.20. The highest BCUT2D eigenvalue weighted by atomic mass is 16.5. The van der Waals surface area contributed by atoms with Crippen molar-refractivity contribution < 1.29 is 9.84 Å². The van der Waals surface area contributed by atoms with E-state index in [1.54, 1.807) is 13.2 Å². The third-order valence-corrected chi connectivity index (χ3v) is 2.94. The molecule has 1 aliphatic carbocycles. The Morgan fingerprint density at radius 2 is 2.00 bits per heavy atom. The zero-order chi connectivity index (χ0) is 13.7. The summed E-state index contributed by atoms with van der Waals surface area (Å²) in [6.45, 7) is 0. The van der Waals surface area contributed by atoms with Crippen molar-refractivity contribution in [1.82, 2.24) is 0 Å². The predicted molar refractivity (Wildman–Crippen MR) is 77.1 cm³/mol. The second-order valence-corrected chi connectivity index (χ2v) is 4.22. The van der Waals surface area contributed by atoms with Gasteiger partial charge < -0.3 is 15.6 Å². The van der Waals surface area contributed by atoms with Crippen LogP contribution in [-0.4, -0.2) is 12.2 Å². The molecule has 0 amide bonds. The Kier molecular flexibility index (Phi) is 4.08. The fraction of sp³-hybridized carbons (Fsp3) is 0.125. The number of rotatable bonds is 3. The molecule has 0 bridgehead atoms. The van der Waals surface area contributed by atoms with Gasteiger partial charge in [-0.1, -0.05) is 36.4 Å². The normalized spacial score (nSPS) is 17.9. The van der Waals surface area contributed by atoms with Gasteiger partial charge in [-0.2, -0.15) is 0 Å². The third-order valence-electron chi connectivity index (χ3n) is 2.94. The maximum atomic E-state index is 10.1. The Bertz CT molecular complexity index is 566. The van der Waals surface area contributed by atoms with Crippen molar-refractivity contribution in [3.8, 4) is 0 Å². The predicted octanol–water partition coefficient (Wildman–Crippen LogP) is 3.29. The van der Waals surface area contributed by atoms with Crippen molar-refractivity contribution >= 4 is 5.70 Å². The molecule has 0 saturated heterocycles. The maximum absolute atomic E-state index is 10.1. The molecular weight excluding hydrogens is 238 g/mol. The molecule has 3 nitrogen and oxygen atoms in total. The number of aliphatic hydroxyl groups is 1. The lowest BCUT2D eigenvalue weighted by Crippen LogP contribution is -1.99. The first-order valence-electron chi connectivity index (χ1n) is 6.07. The van der Waals surface area contributed by atoms with Crippen LogP contribution in [0.1, 0.15) is 12.0 Å². The van der Waals surface area contributed by atoms with E-state index in [0.29, 0.717) is 12.1 Å². The highest BCUT2D eigenvalue weighted by Gasteiger charge is 2.06. The Hall–Kier alpha value is -2.42. The Morgan fingerprint density at radius 1 is 1.26 bits per heavy atom.